The van der Waals surface area contributed by atoms with Gasteiger partial charge in [0.1, 0.15) is 5.75 Å². The number of esters is 1. The lowest BCUT2D eigenvalue weighted by atomic mass is 9.98. The SMILES string of the molecule is COc1cc2c(cc1OC)CN(CCc1ccc(NC(=O)N(C(=O)c3cccc(OC(C)=O)c3)c3ccccc3)cc1)CC2. The molecule has 0 atom stereocenters. The summed E-state index contributed by atoms with van der Waals surface area (Å²) in [6, 6.07) is 26.0. The van der Waals surface area contributed by atoms with E-state index < -0.39 is 17.9 Å². The smallest absolute Gasteiger partial charge is 0.333 e. The van der Waals surface area contributed by atoms with E-state index in [1.165, 1.54) is 24.1 Å². The van der Waals surface area contributed by atoms with Gasteiger partial charge in [0, 0.05) is 37.8 Å². The van der Waals surface area contributed by atoms with Crippen LogP contribution in [0, 0.1) is 0 Å². The molecule has 0 radical (unpaired) electrons. The van der Waals surface area contributed by atoms with E-state index in [-0.39, 0.29) is 11.3 Å². The molecule has 9 nitrogen and oxygen atoms in total. The van der Waals surface area contributed by atoms with Crippen LogP contribution in [0.1, 0.15) is 34.0 Å². The van der Waals surface area contributed by atoms with Crippen molar-refractivity contribution in [2.75, 3.05) is 37.5 Å². The maximum Gasteiger partial charge on any atom is 0.333 e. The summed E-state index contributed by atoms with van der Waals surface area (Å²) in [5.41, 5.74) is 4.86. The summed E-state index contributed by atoms with van der Waals surface area (Å²) in [6.45, 7) is 3.98. The quantitative estimate of drug-likeness (QED) is 0.185. The van der Waals surface area contributed by atoms with E-state index in [1.54, 1.807) is 62.8 Å². The number of carbonyl (C=O) groups is 3. The van der Waals surface area contributed by atoms with E-state index in [4.69, 9.17) is 14.2 Å². The Morgan fingerprint density at radius 3 is 2.23 bits per heavy atom. The molecule has 0 spiro atoms. The summed E-state index contributed by atoms with van der Waals surface area (Å²) >= 11 is 0. The first-order valence-corrected chi connectivity index (χ1v) is 14.4. The minimum Gasteiger partial charge on any atom is -0.493 e. The Hall–Kier alpha value is -5.15. The minimum absolute atomic E-state index is 0.205. The molecule has 1 heterocycles. The van der Waals surface area contributed by atoms with Crippen LogP contribution in [-0.4, -0.2) is 50.1 Å². The maximum absolute atomic E-state index is 13.6. The summed E-state index contributed by atoms with van der Waals surface area (Å²) in [7, 11) is 3.31. The molecule has 5 rings (SSSR count). The summed E-state index contributed by atoms with van der Waals surface area (Å²) in [6.07, 6.45) is 1.80. The molecule has 0 aliphatic carbocycles. The van der Waals surface area contributed by atoms with E-state index in [0.717, 1.165) is 54.4 Å². The molecule has 44 heavy (non-hydrogen) atoms. The Morgan fingerprint density at radius 1 is 0.841 bits per heavy atom. The normalized spacial score (nSPS) is 12.5. The molecule has 3 amide bonds. The third kappa shape index (κ3) is 7.25. The van der Waals surface area contributed by atoms with E-state index in [0.29, 0.717) is 11.4 Å². The number of carbonyl (C=O) groups excluding carboxylic acids is 3. The highest BCUT2D eigenvalue weighted by Gasteiger charge is 2.26. The van der Waals surface area contributed by atoms with Crippen molar-refractivity contribution in [3.8, 4) is 17.2 Å². The van der Waals surface area contributed by atoms with E-state index >= 15 is 0 Å². The van der Waals surface area contributed by atoms with Crippen LogP contribution in [-0.2, 0) is 24.2 Å². The van der Waals surface area contributed by atoms with Crippen molar-refractivity contribution < 1.29 is 28.6 Å². The molecular formula is C35H35N3O6. The third-order valence-corrected chi connectivity index (χ3v) is 7.48. The standard InChI is InChI=1S/C35H35N3O6/c1-24(39)44-31-11-7-8-27(20-31)34(40)38(30-9-5-4-6-10-30)35(41)36-29-14-12-25(13-15-29)16-18-37-19-17-26-21-32(42-2)33(43-3)22-28(26)23-37/h4-15,20-22H,16-19,23H2,1-3H3,(H,36,41). The Bertz CT molecular complexity index is 1640. The van der Waals surface area contributed by atoms with Gasteiger partial charge in [-0.05, 0) is 84.1 Å². The Morgan fingerprint density at radius 2 is 1.55 bits per heavy atom. The zero-order chi connectivity index (χ0) is 31.1. The maximum atomic E-state index is 13.6. The second-order valence-corrected chi connectivity index (χ2v) is 10.5. The van der Waals surface area contributed by atoms with Crippen molar-refractivity contribution in [3.63, 3.8) is 0 Å². The number of rotatable bonds is 9. The number of amides is 3. The van der Waals surface area contributed by atoms with Crippen LogP contribution in [0.5, 0.6) is 17.2 Å². The van der Waals surface area contributed by atoms with E-state index in [1.807, 2.05) is 24.3 Å². The van der Waals surface area contributed by atoms with Crippen molar-refractivity contribution in [3.05, 3.63) is 113 Å². The van der Waals surface area contributed by atoms with Crippen LogP contribution in [0.3, 0.4) is 0 Å². The summed E-state index contributed by atoms with van der Waals surface area (Å²) in [5, 5.41) is 2.85. The van der Waals surface area contributed by atoms with Crippen molar-refractivity contribution >= 4 is 29.3 Å². The zero-order valence-electron chi connectivity index (χ0n) is 25.0. The molecule has 0 aromatic heterocycles. The third-order valence-electron chi connectivity index (χ3n) is 7.48. The molecular weight excluding hydrogens is 558 g/mol. The van der Waals surface area contributed by atoms with Gasteiger partial charge >= 0.3 is 12.0 Å². The first-order chi connectivity index (χ1) is 21.3. The number of nitrogens with zero attached hydrogens (tertiary/aromatic N) is 2. The molecule has 0 saturated carbocycles. The molecule has 4 aromatic rings. The van der Waals surface area contributed by atoms with Crippen LogP contribution in [0.15, 0.2) is 91.0 Å². The second-order valence-electron chi connectivity index (χ2n) is 10.5. The molecule has 0 saturated heterocycles. The highest BCUT2D eigenvalue weighted by atomic mass is 16.5. The average molecular weight is 594 g/mol. The van der Waals surface area contributed by atoms with E-state index in [9.17, 15) is 14.4 Å². The van der Waals surface area contributed by atoms with Crippen molar-refractivity contribution in [2.24, 2.45) is 0 Å². The number of para-hydroxylation sites is 1. The lowest BCUT2D eigenvalue weighted by Crippen LogP contribution is -2.40. The molecule has 226 valence electrons. The summed E-state index contributed by atoms with van der Waals surface area (Å²) < 4.78 is 16.1. The summed E-state index contributed by atoms with van der Waals surface area (Å²) in [5.74, 6) is 0.670. The second kappa shape index (κ2) is 13.9. The minimum atomic E-state index is -0.606. The number of urea groups is 1. The molecule has 1 aliphatic heterocycles. The van der Waals surface area contributed by atoms with Gasteiger partial charge in [-0.15, -0.1) is 0 Å². The van der Waals surface area contributed by atoms with Crippen LogP contribution in [0.2, 0.25) is 0 Å². The Kier molecular flexibility index (Phi) is 9.56. The van der Waals surface area contributed by atoms with Crippen molar-refractivity contribution in [1.29, 1.82) is 0 Å². The number of hydrogen-bond donors (Lipinski definition) is 1. The van der Waals surface area contributed by atoms with Gasteiger partial charge in [-0.2, -0.15) is 0 Å². The number of imide groups is 1. The highest BCUT2D eigenvalue weighted by molar-refractivity contribution is 6.23. The molecule has 1 N–H and O–H groups in total. The summed E-state index contributed by atoms with van der Waals surface area (Å²) in [4.78, 5) is 41.9. The Labute approximate surface area is 257 Å². The number of benzene rings is 4. The largest absolute Gasteiger partial charge is 0.493 e. The topological polar surface area (TPSA) is 97.4 Å². The van der Waals surface area contributed by atoms with Gasteiger partial charge in [0.15, 0.2) is 11.5 Å². The number of fused-ring (bicyclic) bond motifs is 1. The fourth-order valence-electron chi connectivity index (χ4n) is 5.25. The molecule has 0 unspecified atom stereocenters. The van der Waals surface area contributed by atoms with Crippen molar-refractivity contribution in [1.82, 2.24) is 4.90 Å². The average Bonchev–Trinajstić information content (AvgIpc) is 3.04. The van der Waals surface area contributed by atoms with E-state index in [2.05, 4.69) is 22.3 Å². The zero-order valence-corrected chi connectivity index (χ0v) is 25.0. The van der Waals surface area contributed by atoms with Crippen LogP contribution >= 0.6 is 0 Å². The van der Waals surface area contributed by atoms with Gasteiger partial charge in [-0.1, -0.05) is 36.4 Å². The van der Waals surface area contributed by atoms with Gasteiger partial charge in [-0.3, -0.25) is 14.5 Å². The lowest BCUT2D eigenvalue weighted by Gasteiger charge is -2.29. The first-order valence-electron chi connectivity index (χ1n) is 14.4. The van der Waals surface area contributed by atoms with Gasteiger partial charge < -0.3 is 19.5 Å². The van der Waals surface area contributed by atoms with Crippen LogP contribution in [0.25, 0.3) is 0 Å². The molecule has 1 aliphatic rings. The predicted molar refractivity (Wildman–Crippen MR) is 169 cm³/mol. The van der Waals surface area contributed by atoms with Gasteiger partial charge in [0.05, 0.1) is 19.9 Å². The predicted octanol–water partition coefficient (Wildman–Crippen LogP) is 6.11. The number of methoxy groups -OCH3 is 2. The van der Waals surface area contributed by atoms with Crippen LogP contribution in [0.4, 0.5) is 16.2 Å². The van der Waals surface area contributed by atoms with Gasteiger partial charge in [0.25, 0.3) is 5.91 Å². The number of anilines is 2. The monoisotopic (exact) mass is 593 g/mol. The lowest BCUT2D eigenvalue weighted by molar-refractivity contribution is -0.131. The number of ether oxygens (including phenoxy) is 3. The van der Waals surface area contributed by atoms with Gasteiger partial charge in [-0.25, -0.2) is 9.69 Å². The number of nitrogens with one attached hydrogen (secondary N) is 1. The molecule has 9 heteroatoms. The molecule has 4 aromatic carbocycles. The van der Waals surface area contributed by atoms with Gasteiger partial charge in [0.2, 0.25) is 0 Å². The fourth-order valence-corrected chi connectivity index (χ4v) is 5.25. The Balaban J connectivity index is 1.23. The fraction of sp³-hybridized carbons (Fsp3) is 0.229. The molecule has 0 fully saturated rings. The van der Waals surface area contributed by atoms with Crippen LogP contribution < -0.4 is 24.4 Å². The highest BCUT2D eigenvalue weighted by Crippen LogP contribution is 2.33. The number of hydrogen-bond acceptors (Lipinski definition) is 7. The first kappa shape index (κ1) is 30.3. The molecule has 0 bridgehead atoms. The van der Waals surface area contributed by atoms with Crippen molar-refractivity contribution in [2.45, 2.75) is 26.3 Å².